The van der Waals surface area contributed by atoms with Crippen molar-refractivity contribution in [3.05, 3.63) is 30.1 Å². The van der Waals surface area contributed by atoms with Gasteiger partial charge in [0, 0.05) is 6.54 Å². The monoisotopic (exact) mass is 385 g/mol. The van der Waals surface area contributed by atoms with Crippen LogP contribution in [0.5, 0.6) is 0 Å². The maximum absolute atomic E-state index is 13.0. The van der Waals surface area contributed by atoms with Crippen LogP contribution in [0.25, 0.3) is 0 Å². The third-order valence-corrected chi connectivity index (χ3v) is 5.61. The van der Waals surface area contributed by atoms with Gasteiger partial charge in [-0.05, 0) is 63.2 Å². The van der Waals surface area contributed by atoms with Crippen LogP contribution in [0.4, 0.5) is 10.1 Å². The first kappa shape index (κ1) is 20.6. The summed E-state index contributed by atoms with van der Waals surface area (Å²) in [6.45, 7) is 3.36. The molecule has 0 spiro atoms. The van der Waals surface area contributed by atoms with Crippen molar-refractivity contribution in [1.29, 1.82) is 0 Å². The number of likely N-dealkylation sites (tertiary alicyclic amines) is 1. The fourth-order valence-electron chi connectivity index (χ4n) is 3.08. The van der Waals surface area contributed by atoms with Gasteiger partial charge in [0.1, 0.15) is 12.4 Å². The summed E-state index contributed by atoms with van der Waals surface area (Å²) >= 11 is 0. The molecule has 1 aromatic carbocycles. The predicted molar refractivity (Wildman–Crippen MR) is 101 cm³/mol. The van der Waals surface area contributed by atoms with E-state index in [1.165, 1.54) is 49.9 Å². The molecule has 2 rings (SSSR count). The minimum Gasteiger partial charge on any atom is -0.354 e. The minimum absolute atomic E-state index is 0.272. The summed E-state index contributed by atoms with van der Waals surface area (Å²) in [7, 11) is -3.64. The maximum atomic E-state index is 13.0. The van der Waals surface area contributed by atoms with E-state index in [-0.39, 0.29) is 18.1 Å². The van der Waals surface area contributed by atoms with Crippen LogP contribution in [0.2, 0.25) is 0 Å². The van der Waals surface area contributed by atoms with Crippen LogP contribution in [-0.4, -0.2) is 58.2 Å². The molecule has 1 amide bonds. The summed E-state index contributed by atoms with van der Waals surface area (Å²) in [5, 5.41) is 2.78. The van der Waals surface area contributed by atoms with E-state index in [0.717, 1.165) is 36.6 Å². The number of sulfonamides is 1. The van der Waals surface area contributed by atoms with E-state index in [1.807, 2.05) is 0 Å². The zero-order valence-corrected chi connectivity index (χ0v) is 16.1. The Labute approximate surface area is 155 Å². The van der Waals surface area contributed by atoms with Crippen molar-refractivity contribution in [2.24, 2.45) is 0 Å². The zero-order chi connectivity index (χ0) is 19.0. The summed E-state index contributed by atoms with van der Waals surface area (Å²) < 4.78 is 38.0. The fourth-order valence-corrected chi connectivity index (χ4v) is 3.94. The number of rotatable bonds is 8. The Bertz CT molecular complexity index is 671. The van der Waals surface area contributed by atoms with E-state index in [0.29, 0.717) is 6.54 Å². The van der Waals surface area contributed by atoms with E-state index >= 15 is 0 Å². The number of carbonyl (C=O) groups is 1. The van der Waals surface area contributed by atoms with E-state index in [9.17, 15) is 17.6 Å². The first-order valence-corrected chi connectivity index (χ1v) is 10.9. The molecule has 0 saturated carbocycles. The molecule has 1 aliphatic rings. The average Bonchev–Trinajstić information content (AvgIpc) is 2.85. The molecule has 1 aliphatic heterocycles. The normalized spacial score (nSPS) is 16.1. The Morgan fingerprint density at radius 1 is 1.15 bits per heavy atom. The van der Waals surface area contributed by atoms with E-state index in [4.69, 9.17) is 0 Å². The highest BCUT2D eigenvalue weighted by Crippen LogP contribution is 2.17. The van der Waals surface area contributed by atoms with Crippen molar-refractivity contribution in [3.63, 3.8) is 0 Å². The lowest BCUT2D eigenvalue weighted by atomic mass is 10.2. The number of hydrogen-bond donors (Lipinski definition) is 1. The summed E-state index contributed by atoms with van der Waals surface area (Å²) in [5.41, 5.74) is 0.272. The van der Waals surface area contributed by atoms with Gasteiger partial charge in [-0.2, -0.15) is 0 Å². The molecule has 1 fully saturated rings. The number of anilines is 1. The smallest absolute Gasteiger partial charge is 0.240 e. The molecule has 1 aromatic rings. The van der Waals surface area contributed by atoms with Gasteiger partial charge >= 0.3 is 0 Å². The topological polar surface area (TPSA) is 69.7 Å². The summed E-state index contributed by atoms with van der Waals surface area (Å²) in [4.78, 5) is 14.6. The van der Waals surface area contributed by atoms with Gasteiger partial charge in [-0.25, -0.2) is 12.8 Å². The largest absolute Gasteiger partial charge is 0.354 e. The van der Waals surface area contributed by atoms with Crippen molar-refractivity contribution in [2.45, 2.75) is 32.1 Å². The van der Waals surface area contributed by atoms with Crippen molar-refractivity contribution < 1.29 is 17.6 Å². The SMILES string of the molecule is CS(=O)(=O)N(CC(=O)NCCCN1CCCCCC1)c1ccc(F)cc1. The van der Waals surface area contributed by atoms with Crippen molar-refractivity contribution in [1.82, 2.24) is 10.2 Å². The molecule has 0 aliphatic carbocycles. The summed E-state index contributed by atoms with van der Waals surface area (Å²) in [5.74, 6) is -0.823. The van der Waals surface area contributed by atoms with E-state index in [2.05, 4.69) is 10.2 Å². The summed E-state index contributed by atoms with van der Waals surface area (Å²) in [6, 6.07) is 5.05. The molecule has 0 atom stereocenters. The maximum Gasteiger partial charge on any atom is 0.240 e. The lowest BCUT2D eigenvalue weighted by molar-refractivity contribution is -0.119. The second kappa shape index (κ2) is 9.87. The third kappa shape index (κ3) is 6.92. The van der Waals surface area contributed by atoms with Crippen LogP contribution in [0.3, 0.4) is 0 Å². The molecule has 146 valence electrons. The highest BCUT2D eigenvalue weighted by molar-refractivity contribution is 7.92. The lowest BCUT2D eigenvalue weighted by Crippen LogP contribution is -2.41. The third-order valence-electron chi connectivity index (χ3n) is 4.47. The molecule has 0 unspecified atom stereocenters. The van der Waals surface area contributed by atoms with Gasteiger partial charge in [-0.3, -0.25) is 9.10 Å². The van der Waals surface area contributed by atoms with Gasteiger partial charge in [0.15, 0.2) is 0 Å². The fraction of sp³-hybridized carbons (Fsp3) is 0.611. The van der Waals surface area contributed by atoms with Crippen molar-refractivity contribution >= 4 is 21.6 Å². The second-order valence-electron chi connectivity index (χ2n) is 6.71. The standard InChI is InChI=1S/C18H28FN3O3S/c1-26(24,25)22(17-9-7-16(19)8-10-17)15-18(23)20-11-6-14-21-12-4-2-3-5-13-21/h7-10H,2-6,11-15H2,1H3,(H,20,23). The average molecular weight is 386 g/mol. The molecule has 0 aromatic heterocycles. The van der Waals surface area contributed by atoms with Gasteiger partial charge in [-0.15, -0.1) is 0 Å². The van der Waals surface area contributed by atoms with E-state index < -0.39 is 15.8 Å². The van der Waals surface area contributed by atoms with Crippen LogP contribution in [-0.2, 0) is 14.8 Å². The molecule has 0 bridgehead atoms. The lowest BCUT2D eigenvalue weighted by Gasteiger charge is -2.22. The first-order valence-electron chi connectivity index (χ1n) is 9.08. The van der Waals surface area contributed by atoms with Gasteiger partial charge in [0.05, 0.1) is 11.9 Å². The summed E-state index contributed by atoms with van der Waals surface area (Å²) in [6.07, 6.45) is 6.90. The number of halogens is 1. The molecule has 26 heavy (non-hydrogen) atoms. The van der Waals surface area contributed by atoms with Crippen LogP contribution < -0.4 is 9.62 Å². The molecule has 8 heteroatoms. The Balaban J connectivity index is 1.80. The predicted octanol–water partition coefficient (Wildman–Crippen LogP) is 1.97. The van der Waals surface area contributed by atoms with Gasteiger partial charge in [0.2, 0.25) is 15.9 Å². The van der Waals surface area contributed by atoms with Crippen molar-refractivity contribution in [3.8, 4) is 0 Å². The van der Waals surface area contributed by atoms with Crippen LogP contribution in [0.1, 0.15) is 32.1 Å². The van der Waals surface area contributed by atoms with Crippen molar-refractivity contribution in [2.75, 3.05) is 43.3 Å². The molecular formula is C18H28FN3O3S. The number of amides is 1. The van der Waals surface area contributed by atoms with Gasteiger partial charge in [-0.1, -0.05) is 12.8 Å². The second-order valence-corrected chi connectivity index (χ2v) is 8.61. The molecular weight excluding hydrogens is 357 g/mol. The number of benzene rings is 1. The Morgan fingerprint density at radius 3 is 2.35 bits per heavy atom. The first-order chi connectivity index (χ1) is 12.4. The highest BCUT2D eigenvalue weighted by Gasteiger charge is 2.20. The van der Waals surface area contributed by atoms with E-state index in [1.54, 1.807) is 0 Å². The Hall–Kier alpha value is -1.67. The molecule has 1 heterocycles. The number of nitrogens with zero attached hydrogens (tertiary/aromatic N) is 2. The molecule has 0 radical (unpaired) electrons. The Kier molecular flexibility index (Phi) is 7.84. The minimum atomic E-state index is -3.64. The Morgan fingerprint density at radius 2 is 1.77 bits per heavy atom. The molecule has 1 saturated heterocycles. The number of carbonyl (C=O) groups excluding carboxylic acids is 1. The number of hydrogen-bond acceptors (Lipinski definition) is 4. The quantitative estimate of drug-likeness (QED) is 0.695. The van der Waals surface area contributed by atoms with Crippen LogP contribution in [0.15, 0.2) is 24.3 Å². The highest BCUT2D eigenvalue weighted by atomic mass is 32.2. The van der Waals surface area contributed by atoms with Gasteiger partial charge in [0.25, 0.3) is 0 Å². The van der Waals surface area contributed by atoms with Crippen LogP contribution >= 0.6 is 0 Å². The zero-order valence-electron chi connectivity index (χ0n) is 15.3. The van der Waals surface area contributed by atoms with Gasteiger partial charge < -0.3 is 10.2 Å². The van der Waals surface area contributed by atoms with Crippen LogP contribution in [0, 0.1) is 5.82 Å². The number of nitrogens with one attached hydrogen (secondary N) is 1. The molecule has 1 N–H and O–H groups in total. The molecule has 6 nitrogen and oxygen atoms in total.